The van der Waals surface area contributed by atoms with Gasteiger partial charge in [0.1, 0.15) is 6.33 Å². The second-order valence-electron chi connectivity index (χ2n) is 8.06. The summed E-state index contributed by atoms with van der Waals surface area (Å²) in [5.41, 5.74) is 7.33. The lowest BCUT2D eigenvalue weighted by molar-refractivity contribution is 0.0523. The van der Waals surface area contributed by atoms with Gasteiger partial charge in [-0.15, -0.1) is 57.6 Å². The topological polar surface area (TPSA) is 119 Å². The van der Waals surface area contributed by atoms with E-state index in [9.17, 15) is 4.79 Å². The fourth-order valence-corrected chi connectivity index (χ4v) is 5.04. The molecule has 0 saturated heterocycles. The molecule has 180 valence electrons. The average molecular weight is 536 g/mol. The monoisotopic (exact) mass is 534 g/mol. The minimum absolute atomic E-state index is 0. The molecule has 2 aromatic heterocycles. The number of nitrogens with two attached hydrogens (primary N) is 1. The van der Waals surface area contributed by atoms with E-state index in [-0.39, 0.29) is 54.6 Å². The van der Waals surface area contributed by atoms with Crippen molar-refractivity contribution in [1.29, 1.82) is 0 Å². The van der Waals surface area contributed by atoms with Gasteiger partial charge in [0.2, 0.25) is 11.6 Å². The molecule has 5 rings (SSSR count). The van der Waals surface area contributed by atoms with Crippen LogP contribution in [-0.4, -0.2) is 59.9 Å². The van der Waals surface area contributed by atoms with Crippen molar-refractivity contribution in [2.75, 3.05) is 13.1 Å². The van der Waals surface area contributed by atoms with Crippen molar-refractivity contribution in [1.82, 2.24) is 34.8 Å². The Hall–Kier alpha value is -1.91. The first-order chi connectivity index (χ1) is 14.6. The van der Waals surface area contributed by atoms with Crippen molar-refractivity contribution in [3.8, 4) is 11.6 Å². The second kappa shape index (κ2) is 11.0. The van der Waals surface area contributed by atoms with E-state index in [1.54, 1.807) is 0 Å². The Labute approximate surface area is 215 Å². The SMILES string of the molecule is Cl.Cl.Cl.NC[C@]1(c2cccc(Cl)c2)CC[C@@H](N2CCn3c(nnc3-c3nnc[nH]3)C2=O)CC1. The standard InChI is InChI=1S/C20H23ClN8O.3ClH/c21-14-3-1-2-13(10-14)20(11-22)6-4-15(5-7-20)28-8-9-29-17(16-23-12-24-25-16)26-27-18(29)19(28)30;;;/h1-3,10,12,15H,4-9,11,22H2,(H,23,24,25);3*1H/t15-,20+;;;. The van der Waals surface area contributed by atoms with Crippen LogP contribution in [0, 0.1) is 0 Å². The number of hydrogen-bond acceptors (Lipinski definition) is 6. The maximum Gasteiger partial charge on any atom is 0.292 e. The predicted octanol–water partition coefficient (Wildman–Crippen LogP) is 3.28. The van der Waals surface area contributed by atoms with E-state index in [4.69, 9.17) is 17.3 Å². The average Bonchev–Trinajstić information content (AvgIpc) is 3.44. The van der Waals surface area contributed by atoms with Crippen molar-refractivity contribution in [2.24, 2.45) is 5.73 Å². The zero-order valence-corrected chi connectivity index (χ0v) is 20.9. The summed E-state index contributed by atoms with van der Waals surface area (Å²) in [6, 6.07) is 8.17. The Kier molecular flexibility index (Phi) is 9.12. The number of nitrogens with zero attached hydrogens (tertiary/aromatic N) is 6. The largest absolute Gasteiger partial charge is 0.331 e. The highest BCUT2D eigenvalue weighted by atomic mass is 35.5. The van der Waals surface area contributed by atoms with Crippen LogP contribution in [0.25, 0.3) is 11.6 Å². The van der Waals surface area contributed by atoms with E-state index >= 15 is 0 Å². The number of aromatic nitrogens is 6. The van der Waals surface area contributed by atoms with Gasteiger partial charge in [-0.3, -0.25) is 9.36 Å². The van der Waals surface area contributed by atoms with Gasteiger partial charge in [0.05, 0.1) is 0 Å². The van der Waals surface area contributed by atoms with Crippen LogP contribution in [0.15, 0.2) is 30.6 Å². The third kappa shape index (κ3) is 4.83. The molecule has 9 nitrogen and oxygen atoms in total. The van der Waals surface area contributed by atoms with Crippen molar-refractivity contribution >= 4 is 54.7 Å². The number of halogens is 4. The van der Waals surface area contributed by atoms with Gasteiger partial charge in [0.25, 0.3) is 5.91 Å². The highest BCUT2D eigenvalue weighted by Gasteiger charge is 2.41. The molecule has 13 heteroatoms. The minimum Gasteiger partial charge on any atom is -0.331 e. The van der Waals surface area contributed by atoms with E-state index in [2.05, 4.69) is 31.4 Å². The van der Waals surface area contributed by atoms with Gasteiger partial charge in [-0.2, -0.15) is 0 Å². The van der Waals surface area contributed by atoms with E-state index in [0.29, 0.717) is 37.1 Å². The molecular formula is C20H26Cl4N8O. The van der Waals surface area contributed by atoms with Crippen molar-refractivity contribution in [2.45, 2.75) is 43.7 Å². The summed E-state index contributed by atoms with van der Waals surface area (Å²) in [6.45, 7) is 1.84. The summed E-state index contributed by atoms with van der Waals surface area (Å²) in [6.07, 6.45) is 5.14. The molecule has 3 heterocycles. The third-order valence-electron chi connectivity index (χ3n) is 6.58. The van der Waals surface area contributed by atoms with Crippen LogP contribution in [0.4, 0.5) is 0 Å². The maximum atomic E-state index is 13.2. The molecule has 1 saturated carbocycles. The summed E-state index contributed by atoms with van der Waals surface area (Å²) in [4.78, 5) is 18.0. The predicted molar refractivity (Wildman–Crippen MR) is 133 cm³/mol. The van der Waals surface area contributed by atoms with Crippen LogP contribution >= 0.6 is 48.8 Å². The van der Waals surface area contributed by atoms with Gasteiger partial charge < -0.3 is 15.6 Å². The van der Waals surface area contributed by atoms with Gasteiger partial charge in [-0.1, -0.05) is 23.7 Å². The van der Waals surface area contributed by atoms with Gasteiger partial charge in [-0.05, 0) is 43.4 Å². The lowest BCUT2D eigenvalue weighted by atomic mass is 9.68. The third-order valence-corrected chi connectivity index (χ3v) is 6.81. The Morgan fingerprint density at radius 1 is 1.09 bits per heavy atom. The van der Waals surface area contributed by atoms with Crippen LogP contribution < -0.4 is 5.73 Å². The molecule has 2 aliphatic rings. The number of aromatic amines is 1. The van der Waals surface area contributed by atoms with Crippen molar-refractivity contribution < 1.29 is 4.79 Å². The summed E-state index contributed by atoms with van der Waals surface area (Å²) >= 11 is 6.22. The van der Waals surface area contributed by atoms with Crippen LogP contribution in [0.1, 0.15) is 41.9 Å². The fourth-order valence-electron chi connectivity index (χ4n) is 4.84. The van der Waals surface area contributed by atoms with Gasteiger partial charge >= 0.3 is 0 Å². The second-order valence-corrected chi connectivity index (χ2v) is 8.50. The first kappa shape index (κ1) is 27.3. The number of amides is 1. The highest BCUT2D eigenvalue weighted by molar-refractivity contribution is 6.30. The molecule has 0 radical (unpaired) electrons. The Bertz CT molecular complexity index is 1070. The number of nitrogens with one attached hydrogen (secondary N) is 1. The molecule has 0 spiro atoms. The molecule has 1 aliphatic carbocycles. The lowest BCUT2D eigenvalue weighted by Gasteiger charge is -2.44. The summed E-state index contributed by atoms with van der Waals surface area (Å²) in [5, 5.41) is 16.8. The van der Waals surface area contributed by atoms with Crippen LogP contribution in [0.5, 0.6) is 0 Å². The summed E-state index contributed by atoms with van der Waals surface area (Å²) < 4.78 is 1.82. The molecule has 1 fully saturated rings. The molecule has 3 N–H and O–H groups in total. The fraction of sp³-hybridized carbons (Fsp3) is 0.450. The van der Waals surface area contributed by atoms with Crippen LogP contribution in [-0.2, 0) is 12.0 Å². The molecule has 1 aromatic carbocycles. The number of carbonyl (C=O) groups excluding carboxylic acids is 1. The molecule has 1 amide bonds. The first-order valence-electron chi connectivity index (χ1n) is 10.2. The first-order valence-corrected chi connectivity index (χ1v) is 10.6. The van der Waals surface area contributed by atoms with Crippen molar-refractivity contribution in [3.05, 3.63) is 47.0 Å². The van der Waals surface area contributed by atoms with E-state index in [1.807, 2.05) is 27.7 Å². The van der Waals surface area contributed by atoms with Crippen LogP contribution in [0.3, 0.4) is 0 Å². The van der Waals surface area contributed by atoms with Gasteiger partial charge in [0, 0.05) is 36.1 Å². The van der Waals surface area contributed by atoms with Crippen molar-refractivity contribution in [3.63, 3.8) is 0 Å². The number of carbonyl (C=O) groups is 1. The number of H-pyrrole nitrogens is 1. The number of benzene rings is 1. The van der Waals surface area contributed by atoms with E-state index in [0.717, 1.165) is 30.7 Å². The maximum absolute atomic E-state index is 13.2. The molecule has 1 aliphatic heterocycles. The molecule has 33 heavy (non-hydrogen) atoms. The summed E-state index contributed by atoms with van der Waals surface area (Å²) in [5.74, 6) is 1.34. The highest BCUT2D eigenvalue weighted by Crippen LogP contribution is 2.41. The zero-order chi connectivity index (χ0) is 20.7. The smallest absolute Gasteiger partial charge is 0.292 e. The van der Waals surface area contributed by atoms with Gasteiger partial charge in [-0.25, -0.2) is 0 Å². The molecule has 0 bridgehead atoms. The summed E-state index contributed by atoms with van der Waals surface area (Å²) in [7, 11) is 0. The zero-order valence-electron chi connectivity index (χ0n) is 17.7. The molecular weight excluding hydrogens is 510 g/mol. The Morgan fingerprint density at radius 3 is 2.45 bits per heavy atom. The number of fused-ring (bicyclic) bond motifs is 1. The van der Waals surface area contributed by atoms with Gasteiger partial charge in [0.15, 0.2) is 5.82 Å². The lowest BCUT2D eigenvalue weighted by Crippen LogP contribution is -2.50. The Morgan fingerprint density at radius 2 is 1.82 bits per heavy atom. The van der Waals surface area contributed by atoms with Crippen LogP contribution in [0.2, 0.25) is 5.02 Å². The normalized spacial score (nSPS) is 21.9. The quantitative estimate of drug-likeness (QED) is 0.529. The minimum atomic E-state index is -0.0836. The number of rotatable bonds is 4. The van der Waals surface area contributed by atoms with E-state index in [1.165, 1.54) is 11.9 Å². The Balaban J connectivity index is 0.00000128. The van der Waals surface area contributed by atoms with E-state index < -0.39 is 0 Å². The molecule has 0 unspecified atom stereocenters. The molecule has 0 atom stereocenters. The number of hydrogen-bond donors (Lipinski definition) is 2. The molecule has 3 aromatic rings.